The molecule has 1 N–H and O–H groups in total. The predicted octanol–water partition coefficient (Wildman–Crippen LogP) is 2.36. The third-order valence-corrected chi connectivity index (χ3v) is 3.61. The van der Waals surface area contributed by atoms with Crippen molar-refractivity contribution in [2.45, 2.75) is 40.2 Å². The highest BCUT2D eigenvalue weighted by Crippen LogP contribution is 2.12. The Morgan fingerprint density at radius 3 is 2.78 bits per heavy atom. The summed E-state index contributed by atoms with van der Waals surface area (Å²) >= 11 is 0. The van der Waals surface area contributed by atoms with Gasteiger partial charge in [0.1, 0.15) is 0 Å². The number of anilines is 1. The molecule has 1 saturated heterocycles. The van der Waals surface area contributed by atoms with Gasteiger partial charge in [-0.3, -0.25) is 0 Å². The van der Waals surface area contributed by atoms with Crippen LogP contribution in [-0.4, -0.2) is 40.6 Å². The van der Waals surface area contributed by atoms with Gasteiger partial charge in [-0.25, -0.2) is 4.98 Å². The van der Waals surface area contributed by atoms with Crippen molar-refractivity contribution in [1.29, 1.82) is 0 Å². The number of hydrogen-bond acceptors (Lipinski definition) is 3. The van der Waals surface area contributed by atoms with Gasteiger partial charge in [-0.15, -0.1) is 0 Å². The minimum atomic E-state index is 0.672. The van der Waals surface area contributed by atoms with Crippen LogP contribution in [0.15, 0.2) is 6.20 Å². The van der Waals surface area contributed by atoms with Crippen LogP contribution in [0.4, 0.5) is 5.95 Å². The van der Waals surface area contributed by atoms with Crippen molar-refractivity contribution >= 4 is 5.95 Å². The van der Waals surface area contributed by atoms with E-state index >= 15 is 0 Å². The maximum absolute atomic E-state index is 4.52. The largest absolute Gasteiger partial charge is 0.355 e. The summed E-state index contributed by atoms with van der Waals surface area (Å²) in [6, 6.07) is 0. The maximum Gasteiger partial charge on any atom is 0.203 e. The van der Waals surface area contributed by atoms with E-state index < -0.39 is 0 Å². The van der Waals surface area contributed by atoms with Gasteiger partial charge >= 0.3 is 0 Å². The number of rotatable bonds is 6. The Morgan fingerprint density at radius 1 is 1.39 bits per heavy atom. The first kappa shape index (κ1) is 13.4. The predicted molar refractivity (Wildman–Crippen MR) is 76.0 cm³/mol. The molecule has 18 heavy (non-hydrogen) atoms. The zero-order chi connectivity index (χ0) is 13.0. The summed E-state index contributed by atoms with van der Waals surface area (Å²) in [4.78, 5) is 7.10. The molecule has 0 radical (unpaired) electrons. The van der Waals surface area contributed by atoms with Gasteiger partial charge < -0.3 is 14.8 Å². The fourth-order valence-electron chi connectivity index (χ4n) is 2.66. The smallest absolute Gasteiger partial charge is 0.203 e. The van der Waals surface area contributed by atoms with Crippen LogP contribution in [0.3, 0.4) is 0 Å². The van der Waals surface area contributed by atoms with Crippen LogP contribution in [-0.2, 0) is 6.54 Å². The average Bonchev–Trinajstić information content (AvgIpc) is 2.95. The van der Waals surface area contributed by atoms with Gasteiger partial charge in [0.25, 0.3) is 0 Å². The molecule has 1 unspecified atom stereocenters. The molecule has 0 amide bonds. The molecule has 0 saturated carbocycles. The van der Waals surface area contributed by atoms with Gasteiger partial charge in [-0.2, -0.15) is 0 Å². The van der Waals surface area contributed by atoms with Crippen LogP contribution in [0.2, 0.25) is 0 Å². The third-order valence-electron chi connectivity index (χ3n) is 3.61. The molecule has 1 aromatic heterocycles. The lowest BCUT2D eigenvalue weighted by molar-refractivity contribution is 0.294. The second-order valence-electron chi connectivity index (χ2n) is 5.49. The summed E-state index contributed by atoms with van der Waals surface area (Å²) in [5.41, 5.74) is 1.09. The van der Waals surface area contributed by atoms with Gasteiger partial charge in [0, 0.05) is 25.8 Å². The number of aromatic nitrogens is 2. The molecule has 0 spiro atoms. The van der Waals surface area contributed by atoms with Crippen molar-refractivity contribution in [2.75, 3.05) is 31.5 Å². The molecule has 0 aliphatic carbocycles. The zero-order valence-corrected chi connectivity index (χ0v) is 11.9. The Balaban J connectivity index is 1.79. The Morgan fingerprint density at radius 2 is 2.11 bits per heavy atom. The minimum absolute atomic E-state index is 0.672. The summed E-state index contributed by atoms with van der Waals surface area (Å²) in [7, 11) is 0. The fraction of sp³-hybridized carbons (Fsp3) is 0.786. The normalized spacial score (nSPS) is 18.2. The van der Waals surface area contributed by atoms with Crippen LogP contribution in [0, 0.1) is 12.8 Å². The Hall–Kier alpha value is -1.03. The monoisotopic (exact) mass is 250 g/mol. The molecule has 4 heteroatoms. The van der Waals surface area contributed by atoms with Gasteiger partial charge in [0.15, 0.2) is 0 Å². The van der Waals surface area contributed by atoms with E-state index in [4.69, 9.17) is 0 Å². The number of imidazole rings is 1. The first-order valence-corrected chi connectivity index (χ1v) is 7.19. The number of aryl methyl sites for hydroxylation is 2. The number of hydrogen-bond donors (Lipinski definition) is 1. The van der Waals surface area contributed by atoms with E-state index in [-0.39, 0.29) is 0 Å². The summed E-state index contributed by atoms with van der Waals surface area (Å²) in [5.74, 6) is 1.69. The first-order chi connectivity index (χ1) is 8.69. The van der Waals surface area contributed by atoms with Crippen LogP contribution in [0.5, 0.6) is 0 Å². The molecule has 2 rings (SSSR count). The topological polar surface area (TPSA) is 33.1 Å². The van der Waals surface area contributed by atoms with Crippen molar-refractivity contribution in [2.24, 2.45) is 5.92 Å². The minimum Gasteiger partial charge on any atom is -0.355 e. The molecule has 1 aromatic rings. The lowest BCUT2D eigenvalue weighted by atomic mass is 10.1. The Labute approximate surface area is 110 Å². The SMILES string of the molecule is CCn1cc(C)nc1NCC(C)CN1CCCC1. The number of nitrogens with zero attached hydrogens (tertiary/aromatic N) is 3. The molecule has 1 aliphatic rings. The van der Waals surface area contributed by atoms with Crippen LogP contribution in [0.25, 0.3) is 0 Å². The quantitative estimate of drug-likeness (QED) is 0.841. The molecule has 102 valence electrons. The van der Waals surface area contributed by atoms with E-state index in [1.54, 1.807) is 0 Å². The fourth-order valence-corrected chi connectivity index (χ4v) is 2.66. The molecular weight excluding hydrogens is 224 g/mol. The van der Waals surface area contributed by atoms with E-state index in [9.17, 15) is 0 Å². The lowest BCUT2D eigenvalue weighted by Gasteiger charge is -2.20. The molecular formula is C14H26N4. The second-order valence-corrected chi connectivity index (χ2v) is 5.49. The van der Waals surface area contributed by atoms with E-state index in [0.717, 1.165) is 24.7 Å². The zero-order valence-electron chi connectivity index (χ0n) is 11.9. The maximum atomic E-state index is 4.52. The van der Waals surface area contributed by atoms with E-state index in [1.165, 1.54) is 32.5 Å². The van der Waals surface area contributed by atoms with E-state index in [0.29, 0.717) is 5.92 Å². The average molecular weight is 250 g/mol. The number of likely N-dealkylation sites (tertiary alicyclic amines) is 1. The number of nitrogens with one attached hydrogen (secondary N) is 1. The second kappa shape index (κ2) is 6.23. The summed E-state index contributed by atoms with van der Waals surface area (Å²) < 4.78 is 2.18. The van der Waals surface area contributed by atoms with Crippen molar-refractivity contribution < 1.29 is 0 Å². The van der Waals surface area contributed by atoms with E-state index in [2.05, 4.69) is 39.8 Å². The third kappa shape index (κ3) is 3.48. The standard InChI is InChI=1S/C14H26N4/c1-4-18-11-13(3)16-14(18)15-9-12(2)10-17-7-5-6-8-17/h11-12H,4-10H2,1-3H3,(H,15,16). The molecule has 1 fully saturated rings. The van der Waals surface area contributed by atoms with Crippen LogP contribution < -0.4 is 5.32 Å². The van der Waals surface area contributed by atoms with Crippen molar-refractivity contribution in [1.82, 2.24) is 14.5 Å². The summed E-state index contributed by atoms with van der Waals surface area (Å²) in [6.07, 6.45) is 4.85. The molecule has 2 heterocycles. The summed E-state index contributed by atoms with van der Waals surface area (Å²) in [5, 5.41) is 3.48. The molecule has 0 bridgehead atoms. The molecule has 1 aliphatic heterocycles. The Bertz CT molecular complexity index is 366. The van der Waals surface area contributed by atoms with Gasteiger partial charge in [0.2, 0.25) is 5.95 Å². The van der Waals surface area contributed by atoms with Crippen molar-refractivity contribution in [3.05, 3.63) is 11.9 Å². The van der Waals surface area contributed by atoms with Crippen LogP contribution >= 0.6 is 0 Å². The van der Waals surface area contributed by atoms with Crippen molar-refractivity contribution in [3.63, 3.8) is 0 Å². The molecule has 1 atom stereocenters. The lowest BCUT2D eigenvalue weighted by Crippen LogP contribution is -2.29. The first-order valence-electron chi connectivity index (χ1n) is 7.19. The van der Waals surface area contributed by atoms with Crippen LogP contribution in [0.1, 0.15) is 32.4 Å². The van der Waals surface area contributed by atoms with E-state index in [1.807, 2.05) is 6.92 Å². The van der Waals surface area contributed by atoms with Gasteiger partial charge in [0.05, 0.1) is 5.69 Å². The van der Waals surface area contributed by atoms with Crippen molar-refractivity contribution in [3.8, 4) is 0 Å². The molecule has 4 nitrogen and oxygen atoms in total. The van der Waals surface area contributed by atoms with Gasteiger partial charge in [-0.1, -0.05) is 6.92 Å². The summed E-state index contributed by atoms with van der Waals surface area (Å²) in [6.45, 7) is 12.3. The highest BCUT2D eigenvalue weighted by atomic mass is 15.2. The molecule has 0 aromatic carbocycles. The highest BCUT2D eigenvalue weighted by molar-refractivity contribution is 5.28. The van der Waals surface area contributed by atoms with Gasteiger partial charge in [-0.05, 0) is 45.7 Å². The Kier molecular flexibility index (Phi) is 4.64. The highest BCUT2D eigenvalue weighted by Gasteiger charge is 2.15.